The average molecular weight is 364 g/mol. The van der Waals surface area contributed by atoms with E-state index in [4.69, 9.17) is 0 Å². The van der Waals surface area contributed by atoms with Crippen molar-refractivity contribution in [3.63, 3.8) is 0 Å². The number of aromatic nitrogens is 4. The molecule has 1 atom stereocenters. The molecule has 1 N–H and O–H groups in total. The lowest BCUT2D eigenvalue weighted by Crippen LogP contribution is -2.43. The number of carbonyl (C=O) groups excluding carboxylic acids is 1. The predicted octanol–water partition coefficient (Wildman–Crippen LogP) is 0.0637. The van der Waals surface area contributed by atoms with Gasteiger partial charge in [0.1, 0.15) is 18.5 Å². The summed E-state index contributed by atoms with van der Waals surface area (Å²) in [5.41, 5.74) is 0.451. The lowest BCUT2D eigenvalue weighted by atomic mass is 9.99. The average Bonchev–Trinajstić information content (AvgIpc) is 3.14. The lowest BCUT2D eigenvalue weighted by Gasteiger charge is -2.30. The first-order valence-corrected chi connectivity index (χ1v) is 9.82. The van der Waals surface area contributed by atoms with Crippen molar-refractivity contribution in [1.82, 2.24) is 29.4 Å². The molecule has 0 spiro atoms. The monoisotopic (exact) mass is 364 g/mol. The zero-order valence-electron chi connectivity index (χ0n) is 13.9. The van der Waals surface area contributed by atoms with E-state index in [1.54, 1.807) is 16.7 Å². The Kier molecular flexibility index (Phi) is 5.09. The summed E-state index contributed by atoms with van der Waals surface area (Å²) in [6.07, 6.45) is 7.47. The minimum absolute atomic E-state index is 0.122. The van der Waals surface area contributed by atoms with Crippen LogP contribution in [0.1, 0.15) is 23.2 Å². The molecular formula is C15H20N6O3S. The van der Waals surface area contributed by atoms with Gasteiger partial charge in [-0.05, 0) is 30.9 Å². The Morgan fingerprint density at radius 1 is 1.32 bits per heavy atom. The van der Waals surface area contributed by atoms with Crippen molar-refractivity contribution >= 4 is 15.9 Å². The van der Waals surface area contributed by atoms with Gasteiger partial charge in [-0.3, -0.25) is 9.36 Å². The van der Waals surface area contributed by atoms with Crippen LogP contribution in [0.25, 0.3) is 5.82 Å². The van der Waals surface area contributed by atoms with Gasteiger partial charge in [0.05, 0.1) is 11.8 Å². The van der Waals surface area contributed by atoms with Crippen LogP contribution in [0.4, 0.5) is 0 Å². The number of nitrogens with one attached hydrogen (secondary N) is 1. The highest BCUT2D eigenvalue weighted by molar-refractivity contribution is 7.88. The van der Waals surface area contributed by atoms with Crippen LogP contribution in [-0.2, 0) is 10.0 Å². The summed E-state index contributed by atoms with van der Waals surface area (Å²) in [5.74, 6) is 0.522. The van der Waals surface area contributed by atoms with Crippen molar-refractivity contribution < 1.29 is 13.2 Å². The van der Waals surface area contributed by atoms with Crippen LogP contribution in [0.3, 0.4) is 0 Å². The minimum atomic E-state index is -3.18. The molecular weight excluding hydrogens is 344 g/mol. The van der Waals surface area contributed by atoms with E-state index in [1.165, 1.54) is 29.4 Å². The van der Waals surface area contributed by atoms with E-state index in [2.05, 4.69) is 20.5 Å². The van der Waals surface area contributed by atoms with Gasteiger partial charge < -0.3 is 5.32 Å². The highest BCUT2D eigenvalue weighted by Gasteiger charge is 2.26. The van der Waals surface area contributed by atoms with Gasteiger partial charge in [-0.2, -0.15) is 0 Å². The molecule has 1 saturated heterocycles. The maximum Gasteiger partial charge on any atom is 0.252 e. The Morgan fingerprint density at radius 3 is 2.72 bits per heavy atom. The van der Waals surface area contributed by atoms with Gasteiger partial charge in [-0.1, -0.05) is 0 Å². The molecule has 1 aliphatic heterocycles. The predicted molar refractivity (Wildman–Crippen MR) is 90.6 cm³/mol. The molecule has 0 saturated carbocycles. The number of hydrogen-bond acceptors (Lipinski definition) is 6. The fourth-order valence-electron chi connectivity index (χ4n) is 2.83. The van der Waals surface area contributed by atoms with Gasteiger partial charge in [-0.25, -0.2) is 17.7 Å². The largest absolute Gasteiger partial charge is 0.352 e. The van der Waals surface area contributed by atoms with Crippen molar-refractivity contribution in [2.75, 3.05) is 25.9 Å². The van der Waals surface area contributed by atoms with E-state index in [0.717, 1.165) is 12.8 Å². The standard InChI is InChI=1S/C15H20N6O3S/c1-25(23,24)21-6-2-3-12(9-21)7-17-15(22)13-4-5-14(16-8-13)20-10-18-19-11-20/h4-5,8,10-12H,2-3,6-7,9H2,1H3,(H,17,22)/t12-/m1/s1. The number of sulfonamides is 1. The highest BCUT2D eigenvalue weighted by Crippen LogP contribution is 2.18. The highest BCUT2D eigenvalue weighted by atomic mass is 32.2. The van der Waals surface area contributed by atoms with Gasteiger partial charge in [-0.15, -0.1) is 10.2 Å². The van der Waals surface area contributed by atoms with E-state index in [-0.39, 0.29) is 11.8 Å². The molecule has 0 radical (unpaired) electrons. The molecule has 0 aliphatic carbocycles. The Balaban J connectivity index is 1.55. The van der Waals surface area contributed by atoms with Crippen LogP contribution in [-0.4, -0.2) is 64.3 Å². The number of carbonyl (C=O) groups is 1. The summed E-state index contributed by atoms with van der Waals surface area (Å²) >= 11 is 0. The van der Waals surface area contributed by atoms with Gasteiger partial charge in [0, 0.05) is 25.8 Å². The van der Waals surface area contributed by atoms with E-state index in [0.29, 0.717) is 31.0 Å². The summed E-state index contributed by atoms with van der Waals surface area (Å²) < 4.78 is 26.4. The quantitative estimate of drug-likeness (QED) is 0.803. The van der Waals surface area contributed by atoms with Crippen molar-refractivity contribution in [3.05, 3.63) is 36.5 Å². The van der Waals surface area contributed by atoms with Crippen molar-refractivity contribution in [2.45, 2.75) is 12.8 Å². The molecule has 1 amide bonds. The molecule has 2 aromatic rings. The first kappa shape index (κ1) is 17.5. The molecule has 134 valence electrons. The Hall–Kier alpha value is -2.33. The van der Waals surface area contributed by atoms with Crippen molar-refractivity contribution in [2.24, 2.45) is 5.92 Å². The topological polar surface area (TPSA) is 110 Å². The summed E-state index contributed by atoms with van der Waals surface area (Å²) in [6, 6.07) is 3.39. The Bertz CT molecular complexity index is 819. The third-order valence-electron chi connectivity index (χ3n) is 4.20. The third-order valence-corrected chi connectivity index (χ3v) is 5.47. The zero-order chi connectivity index (χ0) is 17.9. The molecule has 0 aromatic carbocycles. The molecule has 1 aliphatic rings. The number of rotatable bonds is 5. The minimum Gasteiger partial charge on any atom is -0.352 e. The zero-order valence-corrected chi connectivity index (χ0v) is 14.7. The first-order valence-electron chi connectivity index (χ1n) is 7.98. The summed E-state index contributed by atoms with van der Waals surface area (Å²) in [4.78, 5) is 16.5. The number of amides is 1. The fraction of sp³-hybridized carbons (Fsp3) is 0.467. The molecule has 3 rings (SSSR count). The van der Waals surface area contributed by atoms with E-state index in [1.807, 2.05) is 0 Å². The van der Waals surface area contributed by atoms with Crippen LogP contribution in [0.2, 0.25) is 0 Å². The Labute approximate surface area is 146 Å². The van der Waals surface area contributed by atoms with Crippen LogP contribution < -0.4 is 5.32 Å². The van der Waals surface area contributed by atoms with Crippen LogP contribution >= 0.6 is 0 Å². The van der Waals surface area contributed by atoms with E-state index < -0.39 is 10.0 Å². The maximum absolute atomic E-state index is 12.2. The maximum atomic E-state index is 12.2. The number of piperidine rings is 1. The summed E-state index contributed by atoms with van der Waals surface area (Å²) in [6.45, 7) is 1.44. The Morgan fingerprint density at radius 2 is 2.08 bits per heavy atom. The molecule has 3 heterocycles. The number of pyridine rings is 1. The van der Waals surface area contributed by atoms with E-state index in [9.17, 15) is 13.2 Å². The van der Waals surface area contributed by atoms with Gasteiger partial charge in [0.15, 0.2) is 0 Å². The molecule has 1 fully saturated rings. The summed E-state index contributed by atoms with van der Waals surface area (Å²) in [5, 5.41) is 10.3. The van der Waals surface area contributed by atoms with E-state index >= 15 is 0 Å². The van der Waals surface area contributed by atoms with Crippen LogP contribution in [0.15, 0.2) is 31.0 Å². The van der Waals surface area contributed by atoms with Gasteiger partial charge in [0.2, 0.25) is 10.0 Å². The molecule has 9 nitrogen and oxygen atoms in total. The van der Waals surface area contributed by atoms with Crippen molar-refractivity contribution in [1.29, 1.82) is 0 Å². The molecule has 0 unspecified atom stereocenters. The smallest absolute Gasteiger partial charge is 0.252 e. The molecule has 0 bridgehead atoms. The molecule has 2 aromatic heterocycles. The van der Waals surface area contributed by atoms with Gasteiger partial charge in [0.25, 0.3) is 5.91 Å². The molecule has 10 heteroatoms. The van der Waals surface area contributed by atoms with Gasteiger partial charge >= 0.3 is 0 Å². The second kappa shape index (κ2) is 7.28. The summed E-state index contributed by atoms with van der Waals surface area (Å²) in [7, 11) is -3.18. The third kappa shape index (κ3) is 4.40. The molecule has 25 heavy (non-hydrogen) atoms. The second-order valence-corrected chi connectivity index (χ2v) is 8.10. The van der Waals surface area contributed by atoms with Crippen molar-refractivity contribution in [3.8, 4) is 5.82 Å². The second-order valence-electron chi connectivity index (χ2n) is 6.11. The normalized spacial score (nSPS) is 18.8. The van der Waals surface area contributed by atoms with Crippen LogP contribution in [0, 0.1) is 5.92 Å². The lowest BCUT2D eigenvalue weighted by molar-refractivity contribution is 0.0941. The number of hydrogen-bond donors (Lipinski definition) is 1. The van der Waals surface area contributed by atoms with Crippen LogP contribution in [0.5, 0.6) is 0 Å². The number of nitrogens with zero attached hydrogens (tertiary/aromatic N) is 5. The fourth-order valence-corrected chi connectivity index (χ4v) is 3.77. The first-order chi connectivity index (χ1) is 11.9. The SMILES string of the molecule is CS(=O)(=O)N1CCC[C@H](CNC(=O)c2ccc(-n3cnnc3)nc2)C1.